The monoisotopic (exact) mass is 514 g/mol. The van der Waals surface area contributed by atoms with Gasteiger partial charge in [-0.15, -0.1) is 0 Å². The molecular weight excluding hydrogens is 488 g/mol. The Bertz CT molecular complexity index is 1630. The molecule has 0 aliphatic heterocycles. The first kappa shape index (κ1) is 25.4. The minimum absolute atomic E-state index is 0.345. The summed E-state index contributed by atoms with van der Waals surface area (Å²) in [6.45, 7) is 2.40. The second kappa shape index (κ2) is 11.9. The van der Waals surface area contributed by atoms with Gasteiger partial charge < -0.3 is 9.47 Å². The molecule has 1 amide bonds. The quantitative estimate of drug-likeness (QED) is 0.108. The Morgan fingerprint density at radius 2 is 1.46 bits per heavy atom. The van der Waals surface area contributed by atoms with Crippen LogP contribution in [0.15, 0.2) is 120 Å². The van der Waals surface area contributed by atoms with Gasteiger partial charge in [0.2, 0.25) is 0 Å². The van der Waals surface area contributed by atoms with Crippen LogP contribution in [0.5, 0.6) is 11.5 Å². The maximum atomic E-state index is 12.8. The van der Waals surface area contributed by atoms with Crippen LogP contribution in [0, 0.1) is 6.92 Å². The first-order chi connectivity index (χ1) is 19.1. The Balaban J connectivity index is 1.29. The van der Waals surface area contributed by atoms with Gasteiger partial charge in [0, 0.05) is 11.1 Å². The molecule has 0 spiro atoms. The van der Waals surface area contributed by atoms with E-state index >= 15 is 0 Å². The number of hydrogen-bond acceptors (Lipinski definition) is 5. The summed E-state index contributed by atoms with van der Waals surface area (Å²) in [5.74, 6) is 0.157. The largest absolute Gasteiger partial charge is 0.489 e. The predicted molar refractivity (Wildman–Crippen MR) is 152 cm³/mol. The molecule has 0 fully saturated rings. The highest BCUT2D eigenvalue weighted by atomic mass is 16.5. The molecule has 5 rings (SSSR count). The van der Waals surface area contributed by atoms with E-state index in [9.17, 15) is 9.59 Å². The third kappa shape index (κ3) is 6.37. The molecule has 6 nitrogen and oxygen atoms in total. The van der Waals surface area contributed by atoms with Crippen LogP contribution in [0.1, 0.15) is 37.4 Å². The number of amides is 1. The highest BCUT2D eigenvalue weighted by Crippen LogP contribution is 2.27. The summed E-state index contributed by atoms with van der Waals surface area (Å²) in [7, 11) is 0. The highest BCUT2D eigenvalue weighted by molar-refractivity contribution is 6.04. The van der Waals surface area contributed by atoms with E-state index in [1.807, 2.05) is 79.7 Å². The number of aryl methyl sites for hydroxylation is 1. The predicted octanol–water partition coefficient (Wildman–Crippen LogP) is 6.71. The van der Waals surface area contributed by atoms with E-state index in [1.54, 1.807) is 42.5 Å². The van der Waals surface area contributed by atoms with E-state index in [4.69, 9.17) is 9.47 Å². The number of rotatable bonds is 8. The van der Waals surface area contributed by atoms with E-state index in [-0.39, 0.29) is 5.91 Å². The summed E-state index contributed by atoms with van der Waals surface area (Å²) >= 11 is 0. The SMILES string of the molecule is Cc1ccc(C(=O)Oc2ccc3ccccc3c2C=NNC(=O)c2ccc(OCc3ccccc3)cc2)cc1. The first-order valence-corrected chi connectivity index (χ1v) is 12.5. The second-order valence-electron chi connectivity index (χ2n) is 8.95. The molecular formula is C33H26N2O4. The Kier molecular flexibility index (Phi) is 7.74. The van der Waals surface area contributed by atoms with Crippen molar-refractivity contribution in [1.82, 2.24) is 5.43 Å². The summed E-state index contributed by atoms with van der Waals surface area (Å²) in [4.78, 5) is 25.5. The number of carbonyl (C=O) groups excluding carboxylic acids is 2. The fourth-order valence-electron chi connectivity index (χ4n) is 4.01. The van der Waals surface area contributed by atoms with Gasteiger partial charge in [0.15, 0.2) is 0 Å². The number of ether oxygens (including phenoxy) is 2. The minimum atomic E-state index is -0.474. The number of nitrogens with zero attached hydrogens (tertiary/aromatic N) is 1. The summed E-state index contributed by atoms with van der Waals surface area (Å²) < 4.78 is 11.5. The van der Waals surface area contributed by atoms with E-state index in [0.717, 1.165) is 21.9 Å². The maximum Gasteiger partial charge on any atom is 0.343 e. The zero-order valence-corrected chi connectivity index (χ0v) is 21.3. The lowest BCUT2D eigenvalue weighted by atomic mass is 10.0. The fraction of sp³-hybridized carbons (Fsp3) is 0.0606. The van der Waals surface area contributed by atoms with Crippen molar-refractivity contribution in [2.45, 2.75) is 13.5 Å². The van der Waals surface area contributed by atoms with E-state index < -0.39 is 5.97 Å². The topological polar surface area (TPSA) is 77.0 Å². The van der Waals surface area contributed by atoms with Crippen molar-refractivity contribution in [2.24, 2.45) is 5.10 Å². The average Bonchev–Trinajstić information content (AvgIpc) is 2.98. The molecule has 5 aromatic carbocycles. The Morgan fingerprint density at radius 3 is 2.23 bits per heavy atom. The highest BCUT2D eigenvalue weighted by Gasteiger charge is 2.14. The number of hydrazone groups is 1. The van der Waals surface area contributed by atoms with Crippen LogP contribution >= 0.6 is 0 Å². The van der Waals surface area contributed by atoms with E-state index in [0.29, 0.717) is 34.8 Å². The number of nitrogens with one attached hydrogen (secondary N) is 1. The van der Waals surface area contributed by atoms with Crippen LogP contribution in [-0.2, 0) is 6.61 Å². The van der Waals surface area contributed by atoms with Crippen molar-refractivity contribution in [2.75, 3.05) is 0 Å². The number of carbonyl (C=O) groups is 2. The van der Waals surface area contributed by atoms with Crippen molar-refractivity contribution < 1.29 is 19.1 Å². The van der Waals surface area contributed by atoms with Gasteiger partial charge in [-0.05, 0) is 65.7 Å². The van der Waals surface area contributed by atoms with Gasteiger partial charge in [-0.1, -0.05) is 78.4 Å². The zero-order valence-electron chi connectivity index (χ0n) is 21.3. The van der Waals surface area contributed by atoms with Crippen molar-refractivity contribution in [1.29, 1.82) is 0 Å². The number of hydrogen-bond donors (Lipinski definition) is 1. The molecule has 0 heterocycles. The van der Waals surface area contributed by atoms with Gasteiger partial charge in [-0.25, -0.2) is 10.2 Å². The standard InChI is InChI=1S/C33H26N2O4/c1-23-11-13-27(14-12-23)33(37)39-31-20-17-25-9-5-6-10-29(25)30(31)21-34-35-32(36)26-15-18-28(19-16-26)38-22-24-7-3-2-4-8-24/h2-21H,22H2,1H3,(H,35,36). The lowest BCUT2D eigenvalue weighted by Gasteiger charge is -2.11. The van der Waals surface area contributed by atoms with Crippen LogP contribution in [0.25, 0.3) is 10.8 Å². The number of benzene rings is 5. The van der Waals surface area contributed by atoms with Gasteiger partial charge in [0.1, 0.15) is 18.1 Å². The molecule has 0 radical (unpaired) electrons. The Morgan fingerprint density at radius 1 is 0.769 bits per heavy atom. The average molecular weight is 515 g/mol. The molecule has 0 bridgehead atoms. The van der Waals surface area contributed by atoms with Gasteiger partial charge in [-0.2, -0.15) is 5.10 Å². The maximum absolute atomic E-state index is 12.8. The fourth-order valence-corrected chi connectivity index (χ4v) is 4.01. The molecule has 0 saturated heterocycles. The third-order valence-electron chi connectivity index (χ3n) is 6.15. The molecule has 0 aromatic heterocycles. The third-order valence-corrected chi connectivity index (χ3v) is 6.15. The van der Waals surface area contributed by atoms with Gasteiger partial charge in [0.25, 0.3) is 5.91 Å². The summed E-state index contributed by atoms with van der Waals surface area (Å²) in [5.41, 5.74) is 6.13. The van der Waals surface area contributed by atoms with Gasteiger partial charge >= 0.3 is 5.97 Å². The van der Waals surface area contributed by atoms with Crippen molar-refractivity contribution >= 4 is 28.9 Å². The molecule has 6 heteroatoms. The number of esters is 1. The summed E-state index contributed by atoms with van der Waals surface area (Å²) in [6.07, 6.45) is 1.50. The molecule has 5 aromatic rings. The van der Waals surface area contributed by atoms with Gasteiger partial charge in [0.05, 0.1) is 11.8 Å². The molecule has 0 aliphatic rings. The summed E-state index contributed by atoms with van der Waals surface area (Å²) in [6, 6.07) is 35.2. The Hall–Kier alpha value is -5.23. The minimum Gasteiger partial charge on any atom is -0.489 e. The van der Waals surface area contributed by atoms with Crippen LogP contribution in [-0.4, -0.2) is 18.1 Å². The first-order valence-electron chi connectivity index (χ1n) is 12.5. The molecule has 192 valence electrons. The number of fused-ring (bicyclic) bond motifs is 1. The normalized spacial score (nSPS) is 10.9. The molecule has 0 saturated carbocycles. The smallest absolute Gasteiger partial charge is 0.343 e. The molecule has 0 atom stereocenters. The van der Waals surface area contributed by atoms with Crippen molar-refractivity contribution in [3.63, 3.8) is 0 Å². The van der Waals surface area contributed by atoms with Crippen molar-refractivity contribution in [3.8, 4) is 11.5 Å². The van der Waals surface area contributed by atoms with Crippen LogP contribution in [0.2, 0.25) is 0 Å². The Labute approximate surface area is 226 Å². The molecule has 0 aliphatic carbocycles. The molecule has 1 N–H and O–H groups in total. The summed E-state index contributed by atoms with van der Waals surface area (Å²) in [5, 5.41) is 5.96. The van der Waals surface area contributed by atoms with Crippen LogP contribution in [0.4, 0.5) is 0 Å². The molecule has 0 unspecified atom stereocenters. The van der Waals surface area contributed by atoms with Gasteiger partial charge in [-0.3, -0.25) is 4.79 Å². The zero-order chi connectivity index (χ0) is 27.0. The van der Waals surface area contributed by atoms with E-state index in [2.05, 4.69) is 10.5 Å². The lowest BCUT2D eigenvalue weighted by molar-refractivity contribution is 0.0734. The van der Waals surface area contributed by atoms with Crippen LogP contribution < -0.4 is 14.9 Å². The molecule has 39 heavy (non-hydrogen) atoms. The second-order valence-corrected chi connectivity index (χ2v) is 8.95. The van der Waals surface area contributed by atoms with E-state index in [1.165, 1.54) is 6.21 Å². The van der Waals surface area contributed by atoms with Crippen molar-refractivity contribution in [3.05, 3.63) is 143 Å². The van der Waals surface area contributed by atoms with Crippen LogP contribution in [0.3, 0.4) is 0 Å². The lowest BCUT2D eigenvalue weighted by Crippen LogP contribution is -2.17.